The molecule has 0 radical (unpaired) electrons. The van der Waals surface area contributed by atoms with Gasteiger partial charge in [0.1, 0.15) is 16.9 Å². The van der Waals surface area contributed by atoms with E-state index in [0.29, 0.717) is 17.2 Å². The van der Waals surface area contributed by atoms with E-state index in [1.165, 1.54) is 11.1 Å². The molecule has 6 heteroatoms. The Kier molecular flexibility index (Phi) is 5.77. The summed E-state index contributed by atoms with van der Waals surface area (Å²) in [6.07, 6.45) is 0. The molecule has 0 spiro atoms. The molecule has 1 aromatic rings. The first-order valence-electron chi connectivity index (χ1n) is 6.21. The molecule has 2 aliphatic rings. The second kappa shape index (κ2) is 6.90. The Hall–Kier alpha value is -1.33. The third kappa shape index (κ3) is 4.08. The van der Waals surface area contributed by atoms with Gasteiger partial charge in [0, 0.05) is 5.56 Å². The monoisotopic (exact) mass is 316 g/mol. The van der Waals surface area contributed by atoms with Gasteiger partial charge < -0.3 is 4.74 Å². The van der Waals surface area contributed by atoms with Crippen molar-refractivity contribution in [2.45, 2.75) is 39.5 Å². The van der Waals surface area contributed by atoms with Crippen molar-refractivity contribution < 1.29 is 17.9 Å². The van der Waals surface area contributed by atoms with Crippen LogP contribution >= 0.6 is 11.6 Å². The van der Waals surface area contributed by atoms with Gasteiger partial charge in [-0.1, -0.05) is 33.8 Å². The van der Waals surface area contributed by atoms with Crippen LogP contribution in [0.25, 0.3) is 0 Å². The summed E-state index contributed by atoms with van der Waals surface area (Å²) >= 11 is 4.59. The first-order chi connectivity index (χ1) is 9.23. The van der Waals surface area contributed by atoms with Gasteiger partial charge in [0.2, 0.25) is 10.3 Å². The van der Waals surface area contributed by atoms with Crippen LogP contribution in [0.1, 0.15) is 50.7 Å². The minimum Gasteiger partial charge on any atom is -0.456 e. The summed E-state index contributed by atoms with van der Waals surface area (Å²) < 4.78 is 24.5. The molecule has 4 nitrogen and oxygen atoms in total. The normalized spacial score (nSPS) is 11.2. The maximum absolute atomic E-state index is 9.57. The molecule has 110 valence electrons. The molecule has 0 N–H and O–H groups in total. The van der Waals surface area contributed by atoms with Gasteiger partial charge in [0.15, 0.2) is 0 Å². The highest BCUT2D eigenvalue weighted by atomic mass is 35.5. The van der Waals surface area contributed by atoms with E-state index >= 15 is 0 Å². The van der Waals surface area contributed by atoms with E-state index in [0.717, 1.165) is 11.5 Å². The molecule has 0 saturated carbocycles. The SMILES string of the molecule is CC(C)c1ccc2c(C(C)C)c1O2.O=C(Cl)C=S(=O)=O. The smallest absolute Gasteiger partial charge is 0.260 e. The highest BCUT2D eigenvalue weighted by molar-refractivity contribution is 7.73. The fourth-order valence-corrected chi connectivity index (χ4v) is 2.31. The summed E-state index contributed by atoms with van der Waals surface area (Å²) in [5, 5.41) is -0.602. The van der Waals surface area contributed by atoms with Gasteiger partial charge in [-0.3, -0.25) is 4.79 Å². The van der Waals surface area contributed by atoms with Gasteiger partial charge >= 0.3 is 0 Å². The van der Waals surface area contributed by atoms with Crippen LogP contribution in [0.2, 0.25) is 0 Å². The molecule has 3 rings (SSSR count). The zero-order valence-electron chi connectivity index (χ0n) is 11.8. The van der Waals surface area contributed by atoms with Crippen LogP contribution in [-0.4, -0.2) is 19.0 Å². The Balaban J connectivity index is 0.000000246. The van der Waals surface area contributed by atoms with Crippen molar-refractivity contribution >= 4 is 32.5 Å². The van der Waals surface area contributed by atoms with Gasteiger partial charge in [-0.25, -0.2) is 0 Å². The van der Waals surface area contributed by atoms with Crippen LogP contribution in [0.5, 0.6) is 11.5 Å². The first kappa shape index (κ1) is 16.7. The van der Waals surface area contributed by atoms with E-state index in [1.54, 1.807) is 0 Å². The standard InChI is InChI=1S/C12H16O.C2HClO3S/c1-7(2)9-5-6-10-11(8(3)4)12(9)13-10;3-2(4)1-7(5)6/h5-8H,1-4H3;1H. The van der Waals surface area contributed by atoms with Crippen molar-refractivity contribution in [3.63, 3.8) is 0 Å². The maximum Gasteiger partial charge on any atom is 0.260 e. The van der Waals surface area contributed by atoms with Crippen molar-refractivity contribution in [1.82, 2.24) is 0 Å². The number of ether oxygens (including phenoxy) is 1. The molecule has 2 aliphatic heterocycles. The Labute approximate surface area is 125 Å². The predicted octanol–water partition coefficient (Wildman–Crippen LogP) is 3.47. The number of carbonyl (C=O) groups is 1. The number of fused-ring (bicyclic) bond motifs is 2. The van der Waals surface area contributed by atoms with E-state index in [4.69, 9.17) is 4.74 Å². The number of hydrogen-bond acceptors (Lipinski definition) is 4. The van der Waals surface area contributed by atoms with Crippen LogP contribution in [0.3, 0.4) is 0 Å². The molecular formula is C14H17ClO4S. The van der Waals surface area contributed by atoms with Crippen LogP contribution in [-0.2, 0) is 15.1 Å². The summed E-state index contributed by atoms with van der Waals surface area (Å²) in [7, 11) is -2.45. The highest BCUT2D eigenvalue weighted by Gasteiger charge is 2.28. The summed E-state index contributed by atoms with van der Waals surface area (Å²) in [5.41, 5.74) is 2.75. The minimum absolute atomic E-state index is 0.377. The Bertz CT molecular complexity index is 625. The largest absolute Gasteiger partial charge is 0.456 e. The maximum atomic E-state index is 9.57. The van der Waals surface area contributed by atoms with E-state index in [9.17, 15) is 13.2 Å². The molecule has 0 saturated heterocycles. The molecule has 2 bridgehead atoms. The molecule has 0 atom stereocenters. The van der Waals surface area contributed by atoms with Crippen LogP contribution in [0, 0.1) is 0 Å². The number of rotatable bonds is 3. The lowest BCUT2D eigenvalue weighted by atomic mass is 9.90. The molecule has 0 aliphatic carbocycles. The lowest BCUT2D eigenvalue weighted by molar-refractivity contribution is -0.105. The summed E-state index contributed by atoms with van der Waals surface area (Å²) in [5.74, 6) is 3.36. The predicted molar refractivity (Wildman–Crippen MR) is 80.5 cm³/mol. The summed E-state index contributed by atoms with van der Waals surface area (Å²) in [6, 6.07) is 4.28. The number of halogens is 1. The fraction of sp³-hybridized carbons (Fsp3) is 0.429. The van der Waals surface area contributed by atoms with Crippen LogP contribution in [0.4, 0.5) is 0 Å². The van der Waals surface area contributed by atoms with Crippen molar-refractivity contribution in [3.05, 3.63) is 23.3 Å². The minimum atomic E-state index is -2.45. The van der Waals surface area contributed by atoms with E-state index in [2.05, 4.69) is 51.4 Å². The third-order valence-corrected chi connectivity index (χ3v) is 3.43. The molecule has 0 fully saturated rings. The number of benzene rings is 1. The molecule has 0 amide bonds. The first-order valence-corrected chi connectivity index (χ1v) is 7.72. The lowest BCUT2D eigenvalue weighted by Crippen LogP contribution is -2.10. The zero-order chi connectivity index (χ0) is 15.4. The second-order valence-electron chi connectivity index (χ2n) is 4.99. The van der Waals surface area contributed by atoms with Crippen molar-refractivity contribution in [2.24, 2.45) is 0 Å². The van der Waals surface area contributed by atoms with Gasteiger partial charge in [-0.2, -0.15) is 8.42 Å². The summed E-state index contributed by atoms with van der Waals surface area (Å²) in [4.78, 5) is 9.57. The summed E-state index contributed by atoms with van der Waals surface area (Å²) in [6.45, 7) is 8.85. The highest BCUT2D eigenvalue weighted by Crippen LogP contribution is 2.50. The molecule has 20 heavy (non-hydrogen) atoms. The van der Waals surface area contributed by atoms with Gasteiger partial charge in [0.25, 0.3) is 5.24 Å². The lowest BCUT2D eigenvalue weighted by Gasteiger charge is -2.30. The third-order valence-electron chi connectivity index (χ3n) is 2.79. The molecular weight excluding hydrogens is 300 g/mol. The molecule has 0 unspecified atom stereocenters. The quantitative estimate of drug-likeness (QED) is 0.642. The molecule has 2 heterocycles. The average Bonchev–Trinajstić information content (AvgIpc) is 2.26. The van der Waals surface area contributed by atoms with E-state index < -0.39 is 15.5 Å². The van der Waals surface area contributed by atoms with Crippen LogP contribution < -0.4 is 4.74 Å². The van der Waals surface area contributed by atoms with Gasteiger partial charge in [0.05, 0.1) is 0 Å². The Morgan fingerprint density at radius 1 is 1.20 bits per heavy atom. The topological polar surface area (TPSA) is 60.4 Å². The van der Waals surface area contributed by atoms with Crippen LogP contribution in [0.15, 0.2) is 12.1 Å². The average molecular weight is 317 g/mol. The Morgan fingerprint density at radius 2 is 1.80 bits per heavy atom. The fourth-order valence-electron chi connectivity index (χ4n) is 1.94. The molecule has 0 aromatic heterocycles. The van der Waals surface area contributed by atoms with E-state index in [1.807, 2.05) is 0 Å². The van der Waals surface area contributed by atoms with Crippen molar-refractivity contribution in [1.29, 1.82) is 0 Å². The number of hydrogen-bond donors (Lipinski definition) is 0. The van der Waals surface area contributed by atoms with E-state index in [-0.39, 0.29) is 0 Å². The second-order valence-corrected chi connectivity index (χ2v) is 6.12. The van der Waals surface area contributed by atoms with Crippen molar-refractivity contribution in [3.8, 4) is 11.5 Å². The zero-order valence-corrected chi connectivity index (χ0v) is 13.4. The Morgan fingerprint density at radius 3 is 2.10 bits per heavy atom. The number of carbonyl (C=O) groups excluding carboxylic acids is 1. The van der Waals surface area contributed by atoms with Crippen molar-refractivity contribution in [2.75, 3.05) is 0 Å². The van der Waals surface area contributed by atoms with Gasteiger partial charge in [-0.05, 0) is 35.1 Å². The molecule has 1 aromatic carbocycles. The van der Waals surface area contributed by atoms with Gasteiger partial charge in [-0.15, -0.1) is 0 Å².